The first-order valence-corrected chi connectivity index (χ1v) is 14.3. The van der Waals surface area contributed by atoms with Gasteiger partial charge in [0.1, 0.15) is 11.5 Å². The van der Waals surface area contributed by atoms with Crippen molar-refractivity contribution in [2.45, 2.75) is 38.3 Å². The molecule has 1 heterocycles. The lowest BCUT2D eigenvalue weighted by atomic mass is 10.1. The molecule has 0 fully saturated rings. The molecule has 0 bridgehead atoms. The van der Waals surface area contributed by atoms with Crippen molar-refractivity contribution < 1.29 is 27.5 Å². The Labute approximate surface area is 229 Å². The van der Waals surface area contributed by atoms with Gasteiger partial charge in [-0.25, -0.2) is 8.42 Å². The Kier molecular flexibility index (Phi) is 8.88. The second-order valence-electron chi connectivity index (χ2n) is 9.09. The van der Waals surface area contributed by atoms with E-state index in [1.807, 2.05) is 30.3 Å². The lowest BCUT2D eigenvalue weighted by molar-refractivity contribution is -0.128. The number of rotatable bonds is 10. The predicted molar refractivity (Wildman–Crippen MR) is 148 cm³/mol. The average Bonchev–Trinajstić information content (AvgIpc) is 2.95. The molecule has 3 aromatic rings. The van der Waals surface area contributed by atoms with Crippen LogP contribution in [0.15, 0.2) is 77.7 Å². The monoisotopic (exact) mass is 551 g/mol. The number of nitrogens with one attached hydrogen (secondary N) is 1. The summed E-state index contributed by atoms with van der Waals surface area (Å²) < 4.78 is 38.8. The molecule has 0 aliphatic carbocycles. The number of aryl methyl sites for hydroxylation is 1. The van der Waals surface area contributed by atoms with E-state index in [9.17, 15) is 18.0 Å². The Morgan fingerprint density at radius 3 is 2.41 bits per heavy atom. The second-order valence-corrected chi connectivity index (χ2v) is 11.0. The molecule has 0 aromatic heterocycles. The maximum atomic E-state index is 13.3. The minimum atomic E-state index is -3.61. The molecule has 2 amide bonds. The Morgan fingerprint density at radius 1 is 1.03 bits per heavy atom. The Bertz CT molecular complexity index is 1420. The van der Waals surface area contributed by atoms with Crippen LogP contribution < -0.4 is 19.7 Å². The number of amides is 2. The molecule has 1 atom stereocenters. The summed E-state index contributed by atoms with van der Waals surface area (Å²) in [6, 6.07) is 21.2. The predicted octanol–water partition coefficient (Wildman–Crippen LogP) is 3.51. The van der Waals surface area contributed by atoms with Gasteiger partial charge in [-0.15, -0.1) is 0 Å². The molecule has 4 rings (SSSR count). The highest BCUT2D eigenvalue weighted by Gasteiger charge is 2.34. The van der Waals surface area contributed by atoms with Crippen molar-refractivity contribution in [1.29, 1.82) is 0 Å². The summed E-state index contributed by atoms with van der Waals surface area (Å²) in [5.41, 5.74) is 2.10. The first-order valence-electron chi connectivity index (χ1n) is 12.9. The maximum Gasteiger partial charge on any atom is 0.265 e. The van der Waals surface area contributed by atoms with Crippen molar-refractivity contribution in [2.75, 3.05) is 31.1 Å². The summed E-state index contributed by atoms with van der Waals surface area (Å²) in [5, 5.41) is 2.87. The fourth-order valence-corrected chi connectivity index (χ4v) is 5.92. The largest absolute Gasteiger partial charge is 0.483 e. The van der Waals surface area contributed by atoms with Crippen molar-refractivity contribution in [3.05, 3.63) is 83.9 Å². The first kappa shape index (κ1) is 28.1. The van der Waals surface area contributed by atoms with Crippen LogP contribution in [0.1, 0.15) is 25.0 Å². The van der Waals surface area contributed by atoms with Crippen LogP contribution in [0.4, 0.5) is 5.69 Å². The van der Waals surface area contributed by atoms with Gasteiger partial charge in [-0.3, -0.25) is 9.59 Å². The molecular formula is C29H33N3O6S. The van der Waals surface area contributed by atoms with Gasteiger partial charge in [-0.1, -0.05) is 56.3 Å². The molecule has 1 aliphatic rings. The number of sulfonamides is 1. The van der Waals surface area contributed by atoms with Crippen molar-refractivity contribution in [3.63, 3.8) is 0 Å². The van der Waals surface area contributed by atoms with Gasteiger partial charge >= 0.3 is 0 Å². The number of carbonyl (C=O) groups excluding carboxylic acids is 2. The fraction of sp³-hybridized carbons (Fsp3) is 0.310. The van der Waals surface area contributed by atoms with E-state index in [4.69, 9.17) is 9.47 Å². The van der Waals surface area contributed by atoms with Crippen LogP contribution in [-0.2, 0) is 26.2 Å². The molecule has 9 nitrogen and oxygen atoms in total. The van der Waals surface area contributed by atoms with Gasteiger partial charge in [0.15, 0.2) is 12.7 Å². The van der Waals surface area contributed by atoms with Gasteiger partial charge in [-0.2, -0.15) is 4.31 Å². The molecule has 39 heavy (non-hydrogen) atoms. The van der Waals surface area contributed by atoms with Crippen molar-refractivity contribution in [3.8, 4) is 11.5 Å². The highest BCUT2D eigenvalue weighted by molar-refractivity contribution is 7.89. The van der Waals surface area contributed by atoms with E-state index in [0.29, 0.717) is 42.4 Å². The molecule has 0 unspecified atom stereocenters. The lowest BCUT2D eigenvalue weighted by Crippen LogP contribution is -2.51. The number of carbonyl (C=O) groups is 2. The van der Waals surface area contributed by atoms with Gasteiger partial charge in [-0.05, 0) is 48.4 Å². The van der Waals surface area contributed by atoms with Gasteiger partial charge in [0, 0.05) is 19.6 Å². The first-order chi connectivity index (χ1) is 18.7. The molecular weight excluding hydrogens is 518 g/mol. The zero-order valence-corrected chi connectivity index (χ0v) is 23.1. The second kappa shape index (κ2) is 12.3. The van der Waals surface area contributed by atoms with E-state index in [-0.39, 0.29) is 29.9 Å². The van der Waals surface area contributed by atoms with Crippen LogP contribution in [0, 0.1) is 6.92 Å². The molecule has 1 aliphatic heterocycles. The molecule has 1 N–H and O–H groups in total. The van der Waals surface area contributed by atoms with Crippen LogP contribution in [0.2, 0.25) is 0 Å². The zero-order chi connectivity index (χ0) is 28.0. The molecule has 0 radical (unpaired) electrons. The van der Waals surface area contributed by atoms with Gasteiger partial charge in [0.2, 0.25) is 10.0 Å². The quantitative estimate of drug-likeness (QED) is 0.414. The summed E-state index contributed by atoms with van der Waals surface area (Å²) >= 11 is 0. The molecule has 0 spiro atoms. The van der Waals surface area contributed by atoms with Crippen molar-refractivity contribution >= 4 is 27.5 Å². The molecule has 0 saturated heterocycles. The fourth-order valence-electron chi connectivity index (χ4n) is 4.38. The zero-order valence-electron chi connectivity index (χ0n) is 22.3. The topological polar surface area (TPSA) is 105 Å². The van der Waals surface area contributed by atoms with Crippen LogP contribution in [0.25, 0.3) is 0 Å². The third kappa shape index (κ3) is 6.40. The number of ether oxygens (including phenoxy) is 2. The third-order valence-corrected chi connectivity index (χ3v) is 8.56. The summed E-state index contributed by atoms with van der Waals surface area (Å²) in [7, 11) is -3.61. The molecule has 3 aromatic carbocycles. The Balaban J connectivity index is 1.45. The summed E-state index contributed by atoms with van der Waals surface area (Å²) in [4.78, 5) is 27.9. The SMILES string of the molecule is CCN(CC)S(=O)(=O)c1ccc(OCC(=O)N2C[C@H](C(=O)NCc3ccccc3)Oc3ccccc32)c(C)c1. The summed E-state index contributed by atoms with van der Waals surface area (Å²) in [6.45, 7) is 6.13. The van der Waals surface area contributed by atoms with Crippen LogP contribution in [-0.4, -0.2) is 56.9 Å². The van der Waals surface area contributed by atoms with Crippen LogP contribution in [0.3, 0.4) is 0 Å². The highest BCUT2D eigenvalue weighted by atomic mass is 32.2. The van der Waals surface area contributed by atoms with Gasteiger partial charge in [0.05, 0.1) is 17.1 Å². The van der Waals surface area contributed by atoms with E-state index in [1.165, 1.54) is 15.3 Å². The number of hydrogen-bond acceptors (Lipinski definition) is 6. The van der Waals surface area contributed by atoms with E-state index in [0.717, 1.165) is 5.56 Å². The van der Waals surface area contributed by atoms with E-state index in [2.05, 4.69) is 5.32 Å². The van der Waals surface area contributed by atoms with Gasteiger partial charge < -0.3 is 19.7 Å². The smallest absolute Gasteiger partial charge is 0.265 e. The third-order valence-electron chi connectivity index (χ3n) is 6.52. The van der Waals surface area contributed by atoms with E-state index in [1.54, 1.807) is 57.2 Å². The Morgan fingerprint density at radius 2 is 1.72 bits per heavy atom. The number of anilines is 1. The number of hydrogen-bond donors (Lipinski definition) is 1. The van der Waals surface area contributed by atoms with Crippen molar-refractivity contribution in [1.82, 2.24) is 9.62 Å². The number of benzene rings is 3. The average molecular weight is 552 g/mol. The molecule has 10 heteroatoms. The number of nitrogens with zero attached hydrogens (tertiary/aromatic N) is 2. The minimum Gasteiger partial charge on any atom is -0.483 e. The van der Waals surface area contributed by atoms with Gasteiger partial charge in [0.25, 0.3) is 11.8 Å². The van der Waals surface area contributed by atoms with Crippen molar-refractivity contribution in [2.24, 2.45) is 0 Å². The molecule has 0 saturated carbocycles. The van der Waals surface area contributed by atoms with E-state index >= 15 is 0 Å². The standard InChI is InChI=1S/C29H33N3O6S/c1-4-31(5-2)39(35,36)23-15-16-25(21(3)17-23)37-20-28(33)32-19-27(38-26-14-10-9-13-24(26)32)29(34)30-18-22-11-7-6-8-12-22/h6-17,27H,4-5,18-20H2,1-3H3,(H,30,34)/t27-/m1/s1. The molecule has 206 valence electrons. The van der Waals surface area contributed by atoms with Crippen LogP contribution in [0.5, 0.6) is 11.5 Å². The highest BCUT2D eigenvalue weighted by Crippen LogP contribution is 2.33. The number of para-hydroxylation sites is 2. The van der Waals surface area contributed by atoms with Crippen LogP contribution >= 0.6 is 0 Å². The minimum absolute atomic E-state index is 0.0276. The number of fused-ring (bicyclic) bond motifs is 1. The maximum absolute atomic E-state index is 13.3. The lowest BCUT2D eigenvalue weighted by Gasteiger charge is -2.34. The van der Waals surface area contributed by atoms with E-state index < -0.39 is 16.1 Å². The normalized spacial score (nSPS) is 14.9. The summed E-state index contributed by atoms with van der Waals surface area (Å²) in [5.74, 6) is 0.151. The summed E-state index contributed by atoms with van der Waals surface area (Å²) in [6.07, 6.45) is -0.890. The Hall–Kier alpha value is -3.89.